The van der Waals surface area contributed by atoms with Gasteiger partial charge in [0.05, 0.1) is 0 Å². The van der Waals surface area contributed by atoms with Gasteiger partial charge >= 0.3 is 0 Å². The molecule has 0 saturated heterocycles. The fourth-order valence-electron chi connectivity index (χ4n) is 1.62. The summed E-state index contributed by atoms with van der Waals surface area (Å²) in [4.78, 5) is 3.88. The lowest BCUT2D eigenvalue weighted by Gasteiger charge is -2.07. The molecule has 1 aromatic heterocycles. The molecule has 2 aromatic rings. The minimum atomic E-state index is -0.281. The molecule has 0 fully saturated rings. The molecule has 0 radical (unpaired) electrons. The Hall–Kier alpha value is -2.98. The number of nitriles is 3. The normalized spacial score (nSPS) is 9.23. The van der Waals surface area contributed by atoms with E-state index < -0.39 is 0 Å². The van der Waals surface area contributed by atoms with E-state index in [-0.39, 0.29) is 21.6 Å². The van der Waals surface area contributed by atoms with Gasteiger partial charge in [0, 0.05) is 11.4 Å². The highest BCUT2D eigenvalue weighted by molar-refractivity contribution is 6.40. The predicted molar refractivity (Wildman–Crippen MR) is 81.1 cm³/mol. The van der Waals surface area contributed by atoms with Gasteiger partial charge in [0.2, 0.25) is 0 Å². The van der Waals surface area contributed by atoms with Crippen LogP contribution in [-0.2, 0) is 0 Å². The third-order valence-electron chi connectivity index (χ3n) is 2.67. The molecule has 0 aliphatic carbocycles. The smallest absolute Gasteiger partial charge is 0.166 e. The summed E-state index contributed by atoms with van der Waals surface area (Å²) in [6.45, 7) is 0. The molecule has 0 bridgehead atoms. The fraction of sp³-hybridized carbons (Fsp3) is 0. The molecule has 8 heteroatoms. The first kappa shape index (κ1) is 15.4. The standard InChI is InChI=1S/C14H6Cl2N6/c15-13-14(16)22(8-20-13)11-3-1-10(2-4-11)21-12(7-19)9(5-17)6-18/h1-4,8,21H. The van der Waals surface area contributed by atoms with Crippen LogP contribution >= 0.6 is 23.2 Å². The molecule has 22 heavy (non-hydrogen) atoms. The highest BCUT2D eigenvalue weighted by Gasteiger charge is 2.09. The molecular formula is C14H6Cl2N6. The molecule has 0 aliphatic rings. The van der Waals surface area contributed by atoms with Gasteiger partial charge in [-0.15, -0.1) is 0 Å². The molecule has 106 valence electrons. The van der Waals surface area contributed by atoms with Gasteiger partial charge < -0.3 is 5.32 Å². The minimum Gasteiger partial charge on any atom is -0.345 e. The maximum Gasteiger partial charge on any atom is 0.166 e. The Morgan fingerprint density at radius 1 is 1.05 bits per heavy atom. The Kier molecular flexibility index (Phi) is 4.66. The zero-order chi connectivity index (χ0) is 16.1. The lowest BCUT2D eigenvalue weighted by molar-refractivity contribution is 1.06. The van der Waals surface area contributed by atoms with Crippen molar-refractivity contribution in [3.8, 4) is 23.9 Å². The summed E-state index contributed by atoms with van der Waals surface area (Å²) in [5.41, 5.74) is 0.876. The Labute approximate surface area is 136 Å². The second-order valence-corrected chi connectivity index (χ2v) is 4.67. The van der Waals surface area contributed by atoms with Gasteiger partial charge in [-0.1, -0.05) is 23.2 Å². The monoisotopic (exact) mass is 328 g/mol. The van der Waals surface area contributed by atoms with E-state index in [1.165, 1.54) is 6.33 Å². The molecule has 6 nitrogen and oxygen atoms in total. The lowest BCUT2D eigenvalue weighted by Crippen LogP contribution is -2.01. The quantitative estimate of drug-likeness (QED) is 0.870. The van der Waals surface area contributed by atoms with E-state index in [1.54, 1.807) is 47.0 Å². The number of imidazole rings is 1. The van der Waals surface area contributed by atoms with E-state index in [0.29, 0.717) is 5.69 Å². The van der Waals surface area contributed by atoms with Crippen LogP contribution in [0.4, 0.5) is 5.69 Å². The first-order chi connectivity index (χ1) is 10.6. The number of allylic oxidation sites excluding steroid dienone is 2. The first-order valence-electron chi connectivity index (χ1n) is 5.81. The van der Waals surface area contributed by atoms with Crippen molar-refractivity contribution >= 4 is 28.9 Å². The van der Waals surface area contributed by atoms with E-state index in [9.17, 15) is 0 Å². The number of halogens is 2. The summed E-state index contributed by atoms with van der Waals surface area (Å²) in [5.74, 6) is 0. The van der Waals surface area contributed by atoms with Crippen LogP contribution in [0.2, 0.25) is 10.3 Å². The van der Waals surface area contributed by atoms with Gasteiger partial charge in [0.15, 0.2) is 15.9 Å². The van der Waals surface area contributed by atoms with Gasteiger partial charge in [-0.3, -0.25) is 4.57 Å². The minimum absolute atomic E-state index is 0.110. The van der Waals surface area contributed by atoms with E-state index in [1.807, 2.05) is 0 Å². The molecule has 0 atom stereocenters. The van der Waals surface area contributed by atoms with Crippen molar-refractivity contribution in [3.63, 3.8) is 0 Å². The van der Waals surface area contributed by atoms with Crippen molar-refractivity contribution in [2.24, 2.45) is 0 Å². The number of nitrogens with one attached hydrogen (secondary N) is 1. The lowest BCUT2D eigenvalue weighted by atomic mass is 10.2. The predicted octanol–water partition coefficient (Wildman–Crippen LogP) is 3.42. The number of hydrogen-bond donors (Lipinski definition) is 1. The van der Waals surface area contributed by atoms with E-state index >= 15 is 0 Å². The van der Waals surface area contributed by atoms with Gasteiger partial charge in [-0.25, -0.2) is 4.98 Å². The molecule has 1 aromatic carbocycles. The topological polar surface area (TPSA) is 101 Å². The van der Waals surface area contributed by atoms with Crippen molar-refractivity contribution in [1.82, 2.24) is 9.55 Å². The molecule has 0 saturated carbocycles. The van der Waals surface area contributed by atoms with Gasteiger partial charge in [0.1, 0.15) is 30.2 Å². The molecule has 0 aliphatic heterocycles. The molecular weight excluding hydrogens is 323 g/mol. The maximum absolute atomic E-state index is 8.97. The van der Waals surface area contributed by atoms with Crippen LogP contribution < -0.4 is 5.32 Å². The molecule has 0 unspecified atom stereocenters. The van der Waals surface area contributed by atoms with E-state index in [4.69, 9.17) is 39.0 Å². The van der Waals surface area contributed by atoms with Crippen molar-refractivity contribution in [3.05, 3.63) is 52.2 Å². The first-order valence-corrected chi connectivity index (χ1v) is 6.56. The van der Waals surface area contributed by atoms with Crippen LogP contribution in [0.1, 0.15) is 0 Å². The average molecular weight is 329 g/mol. The van der Waals surface area contributed by atoms with Crippen LogP contribution in [0, 0.1) is 34.0 Å². The Balaban J connectivity index is 2.30. The van der Waals surface area contributed by atoms with Crippen molar-refractivity contribution in [1.29, 1.82) is 15.8 Å². The SMILES string of the molecule is N#CC(C#N)=C(C#N)Nc1ccc(-n2cnc(Cl)c2Cl)cc1. The summed E-state index contributed by atoms with van der Waals surface area (Å²) < 4.78 is 1.59. The van der Waals surface area contributed by atoms with Gasteiger partial charge in [0.25, 0.3) is 0 Å². The third-order valence-corrected chi connectivity index (χ3v) is 3.40. The highest BCUT2D eigenvalue weighted by atomic mass is 35.5. The zero-order valence-electron chi connectivity index (χ0n) is 10.9. The van der Waals surface area contributed by atoms with Crippen molar-refractivity contribution < 1.29 is 0 Å². The van der Waals surface area contributed by atoms with Crippen LogP contribution in [0.25, 0.3) is 5.69 Å². The Bertz CT molecular complexity index is 843. The summed E-state index contributed by atoms with van der Waals surface area (Å²) >= 11 is 11.8. The van der Waals surface area contributed by atoms with Crippen molar-refractivity contribution in [2.45, 2.75) is 0 Å². The number of aromatic nitrogens is 2. The third kappa shape index (κ3) is 3.02. The van der Waals surface area contributed by atoms with E-state index in [2.05, 4.69) is 10.3 Å². The largest absolute Gasteiger partial charge is 0.345 e. The number of anilines is 1. The number of rotatable bonds is 3. The van der Waals surface area contributed by atoms with Gasteiger partial charge in [-0.05, 0) is 24.3 Å². The fourth-order valence-corrected chi connectivity index (χ4v) is 1.95. The van der Waals surface area contributed by atoms with E-state index in [0.717, 1.165) is 5.69 Å². The number of hydrogen-bond acceptors (Lipinski definition) is 5. The summed E-state index contributed by atoms with van der Waals surface area (Å²) in [6, 6.07) is 11.9. The van der Waals surface area contributed by atoms with Crippen LogP contribution in [0.3, 0.4) is 0 Å². The summed E-state index contributed by atoms with van der Waals surface area (Å²) in [6.07, 6.45) is 1.48. The second kappa shape index (κ2) is 6.65. The zero-order valence-corrected chi connectivity index (χ0v) is 12.4. The summed E-state index contributed by atoms with van der Waals surface area (Å²) in [7, 11) is 0. The molecule has 0 amide bonds. The van der Waals surface area contributed by atoms with Crippen molar-refractivity contribution in [2.75, 3.05) is 5.32 Å². The number of benzene rings is 1. The Morgan fingerprint density at radius 2 is 1.68 bits per heavy atom. The van der Waals surface area contributed by atoms with Crippen LogP contribution in [-0.4, -0.2) is 9.55 Å². The van der Waals surface area contributed by atoms with Gasteiger partial charge in [-0.2, -0.15) is 15.8 Å². The molecule has 1 N–H and O–H groups in total. The average Bonchev–Trinajstić information content (AvgIpc) is 2.88. The highest BCUT2D eigenvalue weighted by Crippen LogP contribution is 2.24. The number of nitrogens with zero attached hydrogens (tertiary/aromatic N) is 5. The molecule has 0 spiro atoms. The summed E-state index contributed by atoms with van der Waals surface area (Å²) in [5, 5.41) is 29.7. The van der Waals surface area contributed by atoms with Crippen LogP contribution in [0.15, 0.2) is 41.9 Å². The maximum atomic E-state index is 8.97. The molecule has 2 rings (SSSR count). The Morgan fingerprint density at radius 3 is 2.14 bits per heavy atom. The molecule has 1 heterocycles. The second-order valence-electron chi connectivity index (χ2n) is 3.95. The van der Waals surface area contributed by atoms with Crippen LogP contribution in [0.5, 0.6) is 0 Å².